The summed E-state index contributed by atoms with van der Waals surface area (Å²) in [5.74, 6) is 0.753. The van der Waals surface area contributed by atoms with Gasteiger partial charge in [-0.15, -0.1) is 0 Å². The van der Waals surface area contributed by atoms with Crippen LogP contribution in [0, 0.1) is 11.3 Å². The lowest BCUT2D eigenvalue weighted by Gasteiger charge is -2.33. The first-order chi connectivity index (χ1) is 5.54. The minimum atomic E-state index is 0.356. The average Bonchev–Trinajstić information content (AvgIpc) is 2.03. The van der Waals surface area contributed by atoms with Crippen molar-refractivity contribution in [3.8, 4) is 0 Å². The molecular formula is C11H21N. The largest absolute Gasteiger partial charge is 0.309 e. The molecule has 0 spiro atoms. The number of nitrogens with one attached hydrogen (secondary N) is 1. The van der Waals surface area contributed by atoms with Gasteiger partial charge >= 0.3 is 0 Å². The van der Waals surface area contributed by atoms with E-state index in [0.29, 0.717) is 11.5 Å². The Kier molecular flexibility index (Phi) is 2.94. The lowest BCUT2D eigenvalue weighted by molar-refractivity contribution is 0.292. The summed E-state index contributed by atoms with van der Waals surface area (Å²) in [6.07, 6.45) is 5.95. The van der Waals surface area contributed by atoms with E-state index in [1.54, 1.807) is 0 Å². The molecule has 0 bridgehead atoms. The highest BCUT2D eigenvalue weighted by atomic mass is 14.9. The number of rotatable bonds is 1. The fraction of sp³-hybridized carbons (Fsp3) is 0.818. The van der Waals surface area contributed by atoms with Gasteiger partial charge in [0.05, 0.1) is 0 Å². The van der Waals surface area contributed by atoms with Crippen molar-refractivity contribution in [2.45, 2.75) is 40.2 Å². The Morgan fingerprint density at radius 2 is 2.00 bits per heavy atom. The quantitative estimate of drug-likeness (QED) is 0.592. The lowest BCUT2D eigenvalue weighted by Crippen LogP contribution is -2.43. The molecule has 1 rings (SSSR count). The Labute approximate surface area is 76.2 Å². The van der Waals surface area contributed by atoms with Gasteiger partial charge < -0.3 is 5.32 Å². The first-order valence-electron chi connectivity index (χ1n) is 4.95. The molecule has 2 atom stereocenters. The van der Waals surface area contributed by atoms with Crippen molar-refractivity contribution in [3.63, 3.8) is 0 Å². The van der Waals surface area contributed by atoms with E-state index in [1.807, 2.05) is 0 Å². The summed E-state index contributed by atoms with van der Waals surface area (Å²) in [6.45, 7) is 10.2. The van der Waals surface area contributed by atoms with Crippen molar-refractivity contribution in [1.29, 1.82) is 0 Å². The first-order valence-corrected chi connectivity index (χ1v) is 4.95. The highest BCUT2D eigenvalue weighted by Gasteiger charge is 2.24. The van der Waals surface area contributed by atoms with Crippen molar-refractivity contribution in [2.75, 3.05) is 6.54 Å². The van der Waals surface area contributed by atoms with Gasteiger partial charge in [0, 0.05) is 12.6 Å². The van der Waals surface area contributed by atoms with Gasteiger partial charge in [0.2, 0.25) is 0 Å². The van der Waals surface area contributed by atoms with Crippen molar-refractivity contribution in [2.24, 2.45) is 11.3 Å². The molecule has 0 saturated heterocycles. The Morgan fingerprint density at radius 1 is 1.33 bits per heavy atom. The zero-order valence-corrected chi connectivity index (χ0v) is 8.72. The highest BCUT2D eigenvalue weighted by Crippen LogP contribution is 2.23. The molecule has 1 aliphatic rings. The van der Waals surface area contributed by atoms with Gasteiger partial charge in [0.25, 0.3) is 0 Å². The van der Waals surface area contributed by atoms with Gasteiger partial charge in [-0.3, -0.25) is 0 Å². The minimum Gasteiger partial charge on any atom is -0.309 e. The molecule has 0 radical (unpaired) electrons. The maximum atomic E-state index is 3.57. The van der Waals surface area contributed by atoms with Gasteiger partial charge in [0.1, 0.15) is 0 Å². The molecule has 0 saturated carbocycles. The van der Waals surface area contributed by atoms with Crippen molar-refractivity contribution in [1.82, 2.24) is 5.32 Å². The summed E-state index contributed by atoms with van der Waals surface area (Å²) in [5.41, 5.74) is 0.356. The summed E-state index contributed by atoms with van der Waals surface area (Å²) in [6, 6.07) is 0.556. The lowest BCUT2D eigenvalue weighted by atomic mass is 9.83. The SMILES string of the molecule is CCC1C=CC(C(C)(C)C)NC1. The van der Waals surface area contributed by atoms with Crippen molar-refractivity contribution in [3.05, 3.63) is 12.2 Å². The molecule has 12 heavy (non-hydrogen) atoms. The predicted molar refractivity (Wildman–Crippen MR) is 54.2 cm³/mol. The minimum absolute atomic E-state index is 0.356. The highest BCUT2D eigenvalue weighted by molar-refractivity contribution is 5.05. The molecule has 1 heterocycles. The third-order valence-corrected chi connectivity index (χ3v) is 2.63. The molecule has 0 aromatic rings. The molecule has 70 valence electrons. The molecule has 2 unspecified atom stereocenters. The van der Waals surface area contributed by atoms with Crippen LogP contribution in [0.1, 0.15) is 34.1 Å². The third kappa shape index (κ3) is 2.34. The van der Waals surface area contributed by atoms with Crippen LogP contribution in [0.25, 0.3) is 0 Å². The topological polar surface area (TPSA) is 12.0 Å². The van der Waals surface area contributed by atoms with E-state index in [0.717, 1.165) is 12.5 Å². The number of hydrogen-bond acceptors (Lipinski definition) is 1. The van der Waals surface area contributed by atoms with Gasteiger partial charge in [-0.1, -0.05) is 39.8 Å². The molecule has 0 aliphatic carbocycles. The van der Waals surface area contributed by atoms with Gasteiger partial charge in [-0.25, -0.2) is 0 Å². The van der Waals surface area contributed by atoms with Gasteiger partial charge in [-0.2, -0.15) is 0 Å². The van der Waals surface area contributed by atoms with Crippen LogP contribution in [0.4, 0.5) is 0 Å². The predicted octanol–water partition coefficient (Wildman–Crippen LogP) is 2.59. The van der Waals surface area contributed by atoms with Gasteiger partial charge in [-0.05, 0) is 17.8 Å². The second-order valence-electron chi connectivity index (χ2n) is 4.81. The van der Waals surface area contributed by atoms with Crippen LogP contribution in [-0.4, -0.2) is 12.6 Å². The van der Waals surface area contributed by atoms with E-state index in [1.165, 1.54) is 6.42 Å². The first kappa shape index (κ1) is 9.79. The van der Waals surface area contributed by atoms with Crippen LogP contribution in [0.5, 0.6) is 0 Å². The summed E-state index contributed by atoms with van der Waals surface area (Å²) >= 11 is 0. The Morgan fingerprint density at radius 3 is 2.33 bits per heavy atom. The molecule has 0 aromatic heterocycles. The summed E-state index contributed by atoms with van der Waals surface area (Å²) in [5, 5.41) is 3.57. The maximum Gasteiger partial charge on any atom is 0.0299 e. The zero-order valence-electron chi connectivity index (χ0n) is 8.72. The normalized spacial score (nSPS) is 30.7. The molecular weight excluding hydrogens is 146 g/mol. The third-order valence-electron chi connectivity index (χ3n) is 2.63. The average molecular weight is 167 g/mol. The Bertz CT molecular complexity index is 164. The molecule has 1 aliphatic heterocycles. The molecule has 1 nitrogen and oxygen atoms in total. The van der Waals surface area contributed by atoms with E-state index >= 15 is 0 Å². The van der Waals surface area contributed by atoms with E-state index < -0.39 is 0 Å². The second-order valence-corrected chi connectivity index (χ2v) is 4.81. The van der Waals surface area contributed by atoms with Crippen LogP contribution < -0.4 is 5.32 Å². The molecule has 0 amide bonds. The Balaban J connectivity index is 2.54. The molecule has 0 aromatic carbocycles. The standard InChI is InChI=1S/C11H21N/c1-5-9-6-7-10(12-8-9)11(2,3)4/h6-7,9-10,12H,5,8H2,1-4H3. The van der Waals surface area contributed by atoms with Crippen LogP contribution >= 0.6 is 0 Å². The van der Waals surface area contributed by atoms with E-state index in [-0.39, 0.29) is 0 Å². The summed E-state index contributed by atoms with van der Waals surface area (Å²) in [4.78, 5) is 0. The smallest absolute Gasteiger partial charge is 0.0299 e. The summed E-state index contributed by atoms with van der Waals surface area (Å²) in [7, 11) is 0. The Hall–Kier alpha value is -0.300. The van der Waals surface area contributed by atoms with Crippen LogP contribution in [0.15, 0.2) is 12.2 Å². The maximum absolute atomic E-state index is 3.57. The van der Waals surface area contributed by atoms with Crippen molar-refractivity contribution >= 4 is 0 Å². The van der Waals surface area contributed by atoms with E-state index in [2.05, 4.69) is 45.2 Å². The fourth-order valence-electron chi connectivity index (χ4n) is 1.56. The molecule has 1 N–H and O–H groups in total. The van der Waals surface area contributed by atoms with Crippen LogP contribution in [-0.2, 0) is 0 Å². The van der Waals surface area contributed by atoms with Crippen molar-refractivity contribution < 1.29 is 0 Å². The fourth-order valence-corrected chi connectivity index (χ4v) is 1.56. The van der Waals surface area contributed by atoms with Gasteiger partial charge in [0.15, 0.2) is 0 Å². The van der Waals surface area contributed by atoms with E-state index in [4.69, 9.17) is 0 Å². The zero-order chi connectivity index (χ0) is 9.19. The molecule has 0 fully saturated rings. The number of hydrogen-bond donors (Lipinski definition) is 1. The van der Waals surface area contributed by atoms with Crippen LogP contribution in [0.3, 0.4) is 0 Å². The monoisotopic (exact) mass is 167 g/mol. The molecule has 1 heteroatoms. The second kappa shape index (κ2) is 3.61. The van der Waals surface area contributed by atoms with Crippen LogP contribution in [0.2, 0.25) is 0 Å². The summed E-state index contributed by atoms with van der Waals surface area (Å²) < 4.78 is 0. The van der Waals surface area contributed by atoms with E-state index in [9.17, 15) is 0 Å².